The fourth-order valence-electron chi connectivity index (χ4n) is 2.59. The lowest BCUT2D eigenvalue weighted by atomic mass is 10.0. The van der Waals surface area contributed by atoms with E-state index in [1.165, 1.54) is 12.1 Å². The summed E-state index contributed by atoms with van der Waals surface area (Å²) < 4.78 is 24.8. The second-order valence-corrected chi connectivity index (χ2v) is 7.42. The van der Waals surface area contributed by atoms with E-state index in [1.807, 2.05) is 0 Å². The zero-order valence-electron chi connectivity index (χ0n) is 13.5. The number of aryl methyl sites for hydroxylation is 2. The van der Waals surface area contributed by atoms with Gasteiger partial charge in [-0.2, -0.15) is 0 Å². The molecule has 3 N–H and O–H groups in total. The number of anilines is 1. The Labute approximate surface area is 145 Å². The monoisotopic (exact) mass is 359 g/mol. The van der Waals surface area contributed by atoms with Crippen molar-refractivity contribution in [3.05, 3.63) is 59.2 Å². The highest BCUT2D eigenvalue weighted by molar-refractivity contribution is 7.89. The summed E-state index contributed by atoms with van der Waals surface area (Å²) in [5.41, 5.74) is 4.70. The molecule has 2 amide bonds. The summed E-state index contributed by atoms with van der Waals surface area (Å²) in [6.07, 6.45) is 0.786. The van der Waals surface area contributed by atoms with Gasteiger partial charge in [0.1, 0.15) is 0 Å². The molecule has 2 aromatic carbocycles. The first-order chi connectivity index (χ1) is 11.9. The molecule has 1 heterocycles. The molecule has 25 heavy (non-hydrogen) atoms. The number of hydrogen-bond acceptors (Lipinski definition) is 4. The maximum atomic E-state index is 12.4. The predicted octanol–water partition coefficient (Wildman–Crippen LogP) is 1.50. The van der Waals surface area contributed by atoms with Crippen LogP contribution in [0.2, 0.25) is 0 Å². The van der Waals surface area contributed by atoms with Crippen LogP contribution in [0.5, 0.6) is 0 Å². The summed E-state index contributed by atoms with van der Waals surface area (Å²) in [6.45, 7) is 1.77. The molecule has 0 radical (unpaired) electrons. The average molecular weight is 359 g/mol. The van der Waals surface area contributed by atoms with Crippen molar-refractivity contribution in [1.29, 1.82) is 0 Å². The molecule has 2 aromatic rings. The summed E-state index contributed by atoms with van der Waals surface area (Å²) >= 11 is 0. The predicted molar refractivity (Wildman–Crippen MR) is 92.4 cm³/mol. The van der Waals surface area contributed by atoms with Crippen molar-refractivity contribution in [3.63, 3.8) is 0 Å². The first-order valence-electron chi connectivity index (χ1n) is 7.67. The first kappa shape index (κ1) is 17.1. The van der Waals surface area contributed by atoms with Crippen molar-refractivity contribution < 1.29 is 18.0 Å². The minimum atomic E-state index is -3.92. The van der Waals surface area contributed by atoms with E-state index in [0.717, 1.165) is 11.1 Å². The van der Waals surface area contributed by atoms with Crippen molar-refractivity contribution in [2.45, 2.75) is 24.7 Å². The number of hydrogen-bond donors (Lipinski definition) is 3. The van der Waals surface area contributed by atoms with Gasteiger partial charge >= 0.3 is 0 Å². The number of fused-ring (bicyclic) bond motifs is 1. The molecule has 8 heteroatoms. The zero-order chi connectivity index (χ0) is 18.0. The van der Waals surface area contributed by atoms with Crippen LogP contribution in [0.25, 0.3) is 0 Å². The van der Waals surface area contributed by atoms with Gasteiger partial charge in [0.15, 0.2) is 0 Å². The quantitative estimate of drug-likeness (QED) is 0.720. The van der Waals surface area contributed by atoms with Crippen molar-refractivity contribution in [2.75, 3.05) is 5.32 Å². The number of benzene rings is 2. The molecule has 0 bridgehead atoms. The minimum Gasteiger partial charge on any atom is -0.326 e. The molecule has 130 valence electrons. The van der Waals surface area contributed by atoms with E-state index in [9.17, 15) is 18.0 Å². The molecule has 7 nitrogen and oxygen atoms in total. The smallest absolute Gasteiger partial charge is 0.266 e. The number of sulfonamides is 1. The van der Waals surface area contributed by atoms with Crippen molar-refractivity contribution >= 4 is 27.5 Å². The normalized spacial score (nSPS) is 13.7. The van der Waals surface area contributed by atoms with Crippen LogP contribution in [0.15, 0.2) is 47.4 Å². The Bertz CT molecular complexity index is 954. The van der Waals surface area contributed by atoms with Crippen LogP contribution < -0.4 is 15.6 Å². The molecule has 1 aliphatic rings. The molecule has 0 aliphatic carbocycles. The Kier molecular flexibility index (Phi) is 4.56. The largest absolute Gasteiger partial charge is 0.326 e. The summed E-state index contributed by atoms with van der Waals surface area (Å²) in [5.74, 6) is -0.626. The van der Waals surface area contributed by atoms with Crippen LogP contribution >= 0.6 is 0 Å². The Balaban J connectivity index is 1.75. The minimum absolute atomic E-state index is 0.0208. The van der Waals surface area contributed by atoms with Gasteiger partial charge in [0.05, 0.1) is 4.90 Å². The van der Waals surface area contributed by atoms with Gasteiger partial charge in [0.25, 0.3) is 15.9 Å². The Morgan fingerprint density at radius 3 is 2.64 bits per heavy atom. The number of nitrogens with one attached hydrogen (secondary N) is 3. The van der Waals surface area contributed by atoms with Gasteiger partial charge in [-0.05, 0) is 48.7 Å². The highest BCUT2D eigenvalue weighted by Gasteiger charge is 2.20. The second kappa shape index (κ2) is 6.66. The van der Waals surface area contributed by atoms with Gasteiger partial charge in [0, 0.05) is 17.7 Å². The highest BCUT2D eigenvalue weighted by Crippen LogP contribution is 2.25. The van der Waals surface area contributed by atoms with Gasteiger partial charge in [-0.3, -0.25) is 15.0 Å². The average Bonchev–Trinajstić information content (AvgIpc) is 2.59. The molecule has 0 aromatic heterocycles. The standard InChI is InChI=1S/C17H17N3O4S/c1-11-4-2-3-5-14(11)17(22)19-20-25(23,24)13-7-8-15-12(10-13)6-9-16(21)18-15/h2-5,7-8,10,20H,6,9H2,1H3,(H,18,21)(H,19,22). The number of carbonyl (C=O) groups excluding carboxylic acids is 2. The van der Waals surface area contributed by atoms with E-state index >= 15 is 0 Å². The van der Waals surface area contributed by atoms with E-state index in [2.05, 4.69) is 15.6 Å². The fraction of sp³-hybridized carbons (Fsp3) is 0.176. The van der Waals surface area contributed by atoms with Crippen LogP contribution in [-0.4, -0.2) is 20.2 Å². The second-order valence-electron chi connectivity index (χ2n) is 5.74. The number of hydrazine groups is 1. The SMILES string of the molecule is Cc1ccccc1C(=O)NNS(=O)(=O)c1ccc2c(c1)CCC(=O)N2. The molecule has 0 spiro atoms. The Hall–Kier alpha value is -2.71. The summed E-state index contributed by atoms with van der Waals surface area (Å²) in [6, 6.07) is 11.3. The molecule has 3 rings (SSSR count). The molecular formula is C17H17N3O4S. The molecule has 0 saturated carbocycles. The fourth-order valence-corrected chi connectivity index (χ4v) is 3.48. The first-order valence-corrected chi connectivity index (χ1v) is 9.16. The Morgan fingerprint density at radius 2 is 1.88 bits per heavy atom. The molecule has 0 unspecified atom stereocenters. The van der Waals surface area contributed by atoms with Crippen molar-refractivity contribution in [2.24, 2.45) is 0 Å². The van der Waals surface area contributed by atoms with Crippen LogP contribution in [0, 0.1) is 6.92 Å². The van der Waals surface area contributed by atoms with Crippen molar-refractivity contribution in [1.82, 2.24) is 10.3 Å². The number of carbonyl (C=O) groups is 2. The zero-order valence-corrected chi connectivity index (χ0v) is 14.3. The van der Waals surface area contributed by atoms with E-state index in [-0.39, 0.29) is 10.8 Å². The van der Waals surface area contributed by atoms with Crippen molar-refractivity contribution in [3.8, 4) is 0 Å². The van der Waals surface area contributed by atoms with E-state index < -0.39 is 15.9 Å². The molecule has 1 aliphatic heterocycles. The van der Waals surface area contributed by atoms with Crippen LogP contribution in [0.1, 0.15) is 27.9 Å². The van der Waals surface area contributed by atoms with Gasteiger partial charge in [-0.25, -0.2) is 8.42 Å². The molecule has 0 saturated heterocycles. The number of amides is 2. The maximum Gasteiger partial charge on any atom is 0.266 e. The van der Waals surface area contributed by atoms with Gasteiger partial charge in [-0.1, -0.05) is 18.2 Å². The lowest BCUT2D eigenvalue weighted by molar-refractivity contribution is -0.116. The van der Waals surface area contributed by atoms with E-state index in [1.54, 1.807) is 37.3 Å². The van der Waals surface area contributed by atoms with Crippen LogP contribution in [0.3, 0.4) is 0 Å². The van der Waals surface area contributed by atoms with Gasteiger partial charge in [-0.15, -0.1) is 4.83 Å². The van der Waals surface area contributed by atoms with E-state index in [4.69, 9.17) is 0 Å². The van der Waals surface area contributed by atoms with Gasteiger partial charge < -0.3 is 5.32 Å². The molecule has 0 fully saturated rings. The summed E-state index contributed by atoms with van der Waals surface area (Å²) in [4.78, 5) is 25.6. The topological polar surface area (TPSA) is 104 Å². The number of rotatable bonds is 4. The lowest BCUT2D eigenvalue weighted by Gasteiger charge is -2.17. The third-order valence-electron chi connectivity index (χ3n) is 3.97. The van der Waals surface area contributed by atoms with Crippen LogP contribution in [0.4, 0.5) is 5.69 Å². The summed E-state index contributed by atoms with van der Waals surface area (Å²) in [5, 5.41) is 2.69. The maximum absolute atomic E-state index is 12.4. The summed E-state index contributed by atoms with van der Waals surface area (Å²) in [7, 11) is -3.92. The third kappa shape index (κ3) is 3.70. The Morgan fingerprint density at radius 1 is 1.12 bits per heavy atom. The molecule has 0 atom stereocenters. The lowest BCUT2D eigenvalue weighted by Crippen LogP contribution is -2.41. The third-order valence-corrected chi connectivity index (χ3v) is 5.22. The highest BCUT2D eigenvalue weighted by atomic mass is 32.2. The van der Waals surface area contributed by atoms with Crippen LogP contribution in [-0.2, 0) is 21.2 Å². The molecular weight excluding hydrogens is 342 g/mol. The van der Waals surface area contributed by atoms with Gasteiger partial charge in [0.2, 0.25) is 5.91 Å². The van der Waals surface area contributed by atoms with E-state index in [0.29, 0.717) is 24.1 Å².